The smallest absolute Gasteiger partial charge is 0.123 e. The number of hydrogen-bond donors (Lipinski definition) is 1. The molecule has 0 saturated carbocycles. The molecule has 0 atom stereocenters. The van der Waals surface area contributed by atoms with E-state index in [0.717, 1.165) is 31.1 Å². The lowest BCUT2D eigenvalue weighted by molar-refractivity contribution is 0.408. The van der Waals surface area contributed by atoms with E-state index < -0.39 is 0 Å². The summed E-state index contributed by atoms with van der Waals surface area (Å²) >= 11 is 0. The Bertz CT molecular complexity index is 575. The lowest BCUT2D eigenvalue weighted by Gasteiger charge is -2.11. The molecule has 0 fully saturated rings. The Morgan fingerprint density at radius 1 is 1.30 bits per heavy atom. The van der Waals surface area contributed by atoms with Crippen molar-refractivity contribution in [2.45, 2.75) is 33.9 Å². The maximum atomic E-state index is 5.43. The molecular weight excluding hydrogens is 250 g/mol. The number of ether oxygens (including phenoxy) is 1. The number of benzene rings is 1. The molecule has 4 heteroatoms. The molecule has 0 radical (unpaired) electrons. The third-order valence-corrected chi connectivity index (χ3v) is 3.43. The SMILES string of the molecule is CCNCc1cc(-c2cn(CC)nc2C)ccc1OC. The highest BCUT2D eigenvalue weighted by atomic mass is 16.5. The summed E-state index contributed by atoms with van der Waals surface area (Å²) in [6, 6.07) is 6.31. The lowest BCUT2D eigenvalue weighted by Crippen LogP contribution is -2.12. The molecule has 4 nitrogen and oxygen atoms in total. The second-order valence-corrected chi connectivity index (χ2v) is 4.79. The van der Waals surface area contributed by atoms with Crippen molar-refractivity contribution in [2.75, 3.05) is 13.7 Å². The van der Waals surface area contributed by atoms with Crippen molar-refractivity contribution in [2.24, 2.45) is 0 Å². The van der Waals surface area contributed by atoms with Crippen LogP contribution in [0.2, 0.25) is 0 Å². The second-order valence-electron chi connectivity index (χ2n) is 4.79. The van der Waals surface area contributed by atoms with E-state index in [0.29, 0.717) is 0 Å². The molecule has 1 N–H and O–H groups in total. The van der Waals surface area contributed by atoms with Crippen molar-refractivity contribution >= 4 is 0 Å². The van der Waals surface area contributed by atoms with Crippen LogP contribution in [0.5, 0.6) is 5.75 Å². The van der Waals surface area contributed by atoms with Gasteiger partial charge in [-0.3, -0.25) is 4.68 Å². The summed E-state index contributed by atoms with van der Waals surface area (Å²) in [5, 5.41) is 7.86. The van der Waals surface area contributed by atoms with Gasteiger partial charge in [-0.1, -0.05) is 13.0 Å². The average Bonchev–Trinajstić information content (AvgIpc) is 2.86. The molecule has 1 heterocycles. The van der Waals surface area contributed by atoms with Crippen molar-refractivity contribution in [3.63, 3.8) is 0 Å². The van der Waals surface area contributed by atoms with Gasteiger partial charge in [0.25, 0.3) is 0 Å². The van der Waals surface area contributed by atoms with E-state index in [4.69, 9.17) is 4.74 Å². The maximum absolute atomic E-state index is 5.43. The topological polar surface area (TPSA) is 39.1 Å². The van der Waals surface area contributed by atoms with Crippen LogP contribution in [0.25, 0.3) is 11.1 Å². The van der Waals surface area contributed by atoms with E-state index in [1.165, 1.54) is 16.7 Å². The molecule has 0 amide bonds. The first-order valence-electron chi connectivity index (χ1n) is 7.11. The Labute approximate surface area is 120 Å². The third kappa shape index (κ3) is 3.02. The molecule has 0 saturated heterocycles. The van der Waals surface area contributed by atoms with Gasteiger partial charge >= 0.3 is 0 Å². The zero-order chi connectivity index (χ0) is 14.5. The van der Waals surface area contributed by atoms with Gasteiger partial charge in [-0.25, -0.2) is 0 Å². The van der Waals surface area contributed by atoms with E-state index in [9.17, 15) is 0 Å². The molecule has 2 rings (SSSR count). The zero-order valence-electron chi connectivity index (χ0n) is 12.7. The van der Waals surface area contributed by atoms with E-state index in [1.807, 2.05) is 10.7 Å². The van der Waals surface area contributed by atoms with Crippen LogP contribution in [0.4, 0.5) is 0 Å². The first-order chi connectivity index (χ1) is 9.69. The number of methoxy groups -OCH3 is 1. The van der Waals surface area contributed by atoms with Gasteiger partial charge in [-0.2, -0.15) is 5.10 Å². The maximum Gasteiger partial charge on any atom is 0.123 e. The van der Waals surface area contributed by atoms with Crippen molar-refractivity contribution in [1.29, 1.82) is 0 Å². The van der Waals surface area contributed by atoms with Gasteiger partial charge in [0.1, 0.15) is 5.75 Å². The Morgan fingerprint density at radius 2 is 2.10 bits per heavy atom. The fourth-order valence-electron chi connectivity index (χ4n) is 2.31. The van der Waals surface area contributed by atoms with Gasteiger partial charge in [0.05, 0.1) is 12.8 Å². The van der Waals surface area contributed by atoms with Crippen molar-refractivity contribution in [3.8, 4) is 16.9 Å². The van der Waals surface area contributed by atoms with Crippen LogP contribution in [-0.4, -0.2) is 23.4 Å². The minimum Gasteiger partial charge on any atom is -0.496 e. The molecule has 0 aliphatic carbocycles. The Balaban J connectivity index is 2.38. The summed E-state index contributed by atoms with van der Waals surface area (Å²) in [5.74, 6) is 0.926. The van der Waals surface area contributed by atoms with Crippen LogP contribution >= 0.6 is 0 Å². The minimum absolute atomic E-state index is 0.814. The largest absolute Gasteiger partial charge is 0.496 e. The van der Waals surface area contributed by atoms with Gasteiger partial charge in [-0.05, 0) is 38.1 Å². The fraction of sp³-hybridized carbons (Fsp3) is 0.438. The average molecular weight is 273 g/mol. The van der Waals surface area contributed by atoms with Crippen molar-refractivity contribution < 1.29 is 4.74 Å². The monoisotopic (exact) mass is 273 g/mol. The first kappa shape index (κ1) is 14.6. The van der Waals surface area contributed by atoms with Gasteiger partial charge in [-0.15, -0.1) is 0 Å². The standard InChI is InChI=1S/C16H23N3O/c1-5-17-10-14-9-13(7-8-16(14)20-4)15-11-19(6-2)18-12(15)3/h7-9,11,17H,5-6,10H2,1-4H3. The van der Waals surface area contributed by atoms with E-state index in [1.54, 1.807) is 7.11 Å². The lowest BCUT2D eigenvalue weighted by atomic mass is 10.0. The summed E-state index contributed by atoms with van der Waals surface area (Å²) in [6.45, 7) is 8.90. The van der Waals surface area contributed by atoms with Crippen LogP contribution in [0.3, 0.4) is 0 Å². The molecular formula is C16H23N3O. The highest BCUT2D eigenvalue weighted by Crippen LogP contribution is 2.28. The number of aryl methyl sites for hydroxylation is 2. The van der Waals surface area contributed by atoms with Crippen LogP contribution in [0, 0.1) is 6.92 Å². The summed E-state index contributed by atoms with van der Waals surface area (Å²) in [7, 11) is 1.71. The van der Waals surface area contributed by atoms with Crippen LogP contribution in [-0.2, 0) is 13.1 Å². The molecule has 0 spiro atoms. The third-order valence-electron chi connectivity index (χ3n) is 3.43. The minimum atomic E-state index is 0.814. The predicted molar refractivity (Wildman–Crippen MR) is 82.0 cm³/mol. The normalized spacial score (nSPS) is 10.8. The number of hydrogen-bond acceptors (Lipinski definition) is 3. The second kappa shape index (κ2) is 6.57. The van der Waals surface area contributed by atoms with Gasteiger partial charge < -0.3 is 10.1 Å². The number of rotatable bonds is 6. The molecule has 0 bridgehead atoms. The van der Waals surface area contributed by atoms with E-state index in [2.05, 4.69) is 49.5 Å². The molecule has 20 heavy (non-hydrogen) atoms. The Hall–Kier alpha value is -1.81. The number of nitrogens with zero attached hydrogens (tertiary/aromatic N) is 2. The predicted octanol–water partition coefficient (Wildman–Crippen LogP) is 3.00. The van der Waals surface area contributed by atoms with Crippen molar-refractivity contribution in [1.82, 2.24) is 15.1 Å². The molecule has 1 aromatic heterocycles. The molecule has 108 valence electrons. The first-order valence-corrected chi connectivity index (χ1v) is 7.11. The molecule has 0 unspecified atom stereocenters. The van der Waals surface area contributed by atoms with Crippen molar-refractivity contribution in [3.05, 3.63) is 35.7 Å². The number of nitrogens with one attached hydrogen (secondary N) is 1. The molecule has 2 aromatic rings. The Kier molecular flexibility index (Phi) is 4.79. The summed E-state index contributed by atoms with van der Waals surface area (Å²) in [4.78, 5) is 0. The molecule has 0 aliphatic heterocycles. The van der Waals surface area contributed by atoms with Gasteiger partial charge in [0, 0.05) is 30.4 Å². The number of aromatic nitrogens is 2. The highest BCUT2D eigenvalue weighted by molar-refractivity contribution is 5.67. The summed E-state index contributed by atoms with van der Waals surface area (Å²) in [5.41, 5.74) is 4.62. The molecule has 1 aromatic carbocycles. The van der Waals surface area contributed by atoms with Crippen LogP contribution in [0.15, 0.2) is 24.4 Å². The highest BCUT2D eigenvalue weighted by Gasteiger charge is 2.10. The van der Waals surface area contributed by atoms with Crippen LogP contribution < -0.4 is 10.1 Å². The summed E-state index contributed by atoms with van der Waals surface area (Å²) < 4.78 is 7.40. The zero-order valence-corrected chi connectivity index (χ0v) is 12.7. The van der Waals surface area contributed by atoms with E-state index in [-0.39, 0.29) is 0 Å². The quantitative estimate of drug-likeness (QED) is 0.879. The van der Waals surface area contributed by atoms with Gasteiger partial charge in [0.2, 0.25) is 0 Å². The van der Waals surface area contributed by atoms with Crippen LogP contribution in [0.1, 0.15) is 25.1 Å². The van der Waals surface area contributed by atoms with Gasteiger partial charge in [0.15, 0.2) is 0 Å². The fourth-order valence-corrected chi connectivity index (χ4v) is 2.31. The molecule has 0 aliphatic rings. The van der Waals surface area contributed by atoms with E-state index >= 15 is 0 Å². The Morgan fingerprint density at radius 3 is 2.70 bits per heavy atom. The summed E-state index contributed by atoms with van der Waals surface area (Å²) in [6.07, 6.45) is 2.11.